The lowest BCUT2D eigenvalue weighted by Gasteiger charge is -2.14. The zero-order valence-electron chi connectivity index (χ0n) is 34.6. The van der Waals surface area contributed by atoms with Crippen molar-refractivity contribution in [3.63, 3.8) is 0 Å². The van der Waals surface area contributed by atoms with Crippen LogP contribution in [0, 0.1) is 0 Å². The quantitative estimate of drug-likeness (QED) is 0.173. The molecule has 0 N–H and O–H groups in total. The second-order valence-corrected chi connectivity index (χ2v) is 18.2. The third-order valence-corrected chi connectivity index (χ3v) is 14.6. The molecule has 0 atom stereocenters. The number of aryl methyl sites for hydroxylation is 1. The van der Waals surface area contributed by atoms with Crippen LogP contribution < -0.4 is 0 Å². The normalized spacial score (nSPS) is 13.0. The fraction of sp³-hybridized carbons (Fsp3) is 0.0333. The Balaban J connectivity index is 0.915. The van der Waals surface area contributed by atoms with Crippen molar-refractivity contribution in [3.05, 3.63) is 211 Å². The summed E-state index contributed by atoms with van der Waals surface area (Å²) in [7, 11) is 0. The van der Waals surface area contributed by atoms with E-state index in [1.165, 1.54) is 97.4 Å². The van der Waals surface area contributed by atoms with Gasteiger partial charge in [0.2, 0.25) is 0 Å². The average Bonchev–Trinajstić information content (AvgIpc) is 4.11. The van der Waals surface area contributed by atoms with Gasteiger partial charge in [-0.05, 0) is 142 Å². The molecule has 1 aliphatic rings. The van der Waals surface area contributed by atoms with E-state index in [1.807, 2.05) is 11.3 Å². The fourth-order valence-corrected chi connectivity index (χ4v) is 11.4. The third kappa shape index (κ3) is 5.52. The van der Waals surface area contributed by atoms with Crippen molar-refractivity contribution in [1.29, 1.82) is 0 Å². The zero-order valence-corrected chi connectivity index (χ0v) is 35.5. The molecule has 300 valence electrons. The summed E-state index contributed by atoms with van der Waals surface area (Å²) in [6, 6.07) is 70.7. The van der Waals surface area contributed by atoms with Crippen LogP contribution in [0.15, 0.2) is 203 Å². The number of hydrogen-bond donors (Lipinski definition) is 0. The van der Waals surface area contributed by atoms with E-state index in [0.717, 1.165) is 51.8 Å². The van der Waals surface area contributed by atoms with Crippen LogP contribution in [0.4, 0.5) is 0 Å². The van der Waals surface area contributed by atoms with E-state index in [0.29, 0.717) is 0 Å². The summed E-state index contributed by atoms with van der Waals surface area (Å²) in [5.74, 6) is 1.08. The smallest absolute Gasteiger partial charge is 0.135 e. The van der Waals surface area contributed by atoms with E-state index in [-0.39, 0.29) is 0 Å². The Kier molecular flexibility index (Phi) is 7.68. The number of thiophene rings is 1. The lowest BCUT2D eigenvalue weighted by molar-refractivity contribution is 0.548. The Labute approximate surface area is 372 Å². The topological polar surface area (TPSA) is 31.2 Å². The van der Waals surface area contributed by atoms with E-state index in [4.69, 9.17) is 8.83 Å². The van der Waals surface area contributed by atoms with Crippen molar-refractivity contribution in [2.24, 2.45) is 0 Å². The molecular formula is C60H37NO2S. The molecule has 0 bridgehead atoms. The second kappa shape index (κ2) is 13.8. The third-order valence-electron chi connectivity index (χ3n) is 13.5. The Morgan fingerprint density at radius 1 is 0.359 bits per heavy atom. The number of para-hydroxylation sites is 1. The van der Waals surface area contributed by atoms with E-state index >= 15 is 0 Å². The highest BCUT2D eigenvalue weighted by Gasteiger charge is 2.22. The molecule has 13 aromatic rings. The number of aromatic nitrogens is 1. The maximum absolute atomic E-state index is 6.45. The van der Waals surface area contributed by atoms with Gasteiger partial charge in [-0.2, -0.15) is 0 Å². The molecule has 0 amide bonds. The first-order chi connectivity index (χ1) is 31.7. The first-order valence-corrected chi connectivity index (χ1v) is 22.8. The predicted molar refractivity (Wildman–Crippen MR) is 270 cm³/mol. The van der Waals surface area contributed by atoms with E-state index in [1.54, 1.807) is 0 Å². The minimum atomic E-state index is 0.878. The minimum Gasteiger partial charge on any atom is -0.460 e. The van der Waals surface area contributed by atoms with Crippen molar-refractivity contribution < 1.29 is 8.83 Å². The van der Waals surface area contributed by atoms with Crippen LogP contribution in [0.3, 0.4) is 0 Å². The molecular weight excluding hydrogens is 799 g/mol. The lowest BCUT2D eigenvalue weighted by Crippen LogP contribution is -1.97. The summed E-state index contributed by atoms with van der Waals surface area (Å²) in [5, 5.41) is 8.54. The van der Waals surface area contributed by atoms with E-state index in [2.05, 4.69) is 205 Å². The highest BCUT2D eigenvalue weighted by Crippen LogP contribution is 2.45. The predicted octanol–water partition coefficient (Wildman–Crippen LogP) is 17.3. The van der Waals surface area contributed by atoms with Crippen LogP contribution in [0.25, 0.3) is 126 Å². The van der Waals surface area contributed by atoms with Gasteiger partial charge in [0.05, 0.1) is 11.0 Å². The molecule has 0 fully saturated rings. The van der Waals surface area contributed by atoms with Crippen LogP contribution >= 0.6 is 11.3 Å². The lowest BCUT2D eigenvalue weighted by atomic mass is 9.90. The number of furan rings is 2. The van der Waals surface area contributed by atoms with Gasteiger partial charge in [0, 0.05) is 64.8 Å². The minimum absolute atomic E-state index is 0.878. The van der Waals surface area contributed by atoms with E-state index in [9.17, 15) is 0 Å². The number of fused-ring (bicyclic) bond motifs is 12. The molecule has 0 saturated carbocycles. The summed E-state index contributed by atoms with van der Waals surface area (Å²) in [6.07, 6.45) is 4.19. The highest BCUT2D eigenvalue weighted by molar-refractivity contribution is 7.25. The molecule has 3 nitrogen and oxygen atoms in total. The van der Waals surface area contributed by atoms with Gasteiger partial charge >= 0.3 is 0 Å². The summed E-state index contributed by atoms with van der Waals surface area (Å²) in [6.45, 7) is 0. The summed E-state index contributed by atoms with van der Waals surface area (Å²) in [5.41, 5.74) is 17.4. The summed E-state index contributed by atoms with van der Waals surface area (Å²) >= 11 is 1.87. The maximum Gasteiger partial charge on any atom is 0.135 e. The van der Waals surface area contributed by atoms with Gasteiger partial charge in [0.25, 0.3) is 0 Å². The maximum atomic E-state index is 6.45. The molecule has 64 heavy (non-hydrogen) atoms. The standard InChI is InChI=1S/C60H37NO2S/c1-4-10-36(11-5-1)38-17-23-55-47(29-38)49-31-41(19-25-57(49)62-55)40-16-22-53-45(28-40)46-34-52-51-33-43(21-27-59(51)64-60(52)35-54(46)61(53)44-14-8-3-9-15-44)42-20-26-58-50(32-42)48-30-39(18-24-56(48)63-58)37-12-6-2-7-13-37/h1-18,20-24,26-35H,19,25H2. The van der Waals surface area contributed by atoms with E-state index < -0.39 is 0 Å². The number of nitrogens with zero attached hydrogens (tertiary/aromatic N) is 1. The van der Waals surface area contributed by atoms with Crippen LogP contribution in [-0.2, 0) is 6.42 Å². The number of allylic oxidation sites excluding steroid dienone is 1. The largest absolute Gasteiger partial charge is 0.460 e. The van der Waals surface area contributed by atoms with Crippen molar-refractivity contribution in [3.8, 4) is 39.1 Å². The summed E-state index contributed by atoms with van der Waals surface area (Å²) in [4.78, 5) is 0. The first-order valence-electron chi connectivity index (χ1n) is 22.0. The molecule has 0 unspecified atom stereocenters. The Morgan fingerprint density at radius 3 is 1.58 bits per heavy atom. The van der Waals surface area contributed by atoms with Crippen molar-refractivity contribution >= 4 is 97.9 Å². The SMILES string of the molecule is C1=C(c2ccc3c(c2)c2cc4c(cc2n3-c2ccccc2)sc2ccc(-c3ccc5oc6ccc(-c7ccccc7)cc6c5c3)cc24)CCc2oc3ccc(-c4ccccc4)cc3c21. The molecule has 1 aliphatic carbocycles. The van der Waals surface area contributed by atoms with Gasteiger partial charge in [-0.3, -0.25) is 0 Å². The molecule has 9 aromatic carbocycles. The van der Waals surface area contributed by atoms with Gasteiger partial charge in [-0.15, -0.1) is 11.3 Å². The van der Waals surface area contributed by atoms with Gasteiger partial charge in [-0.1, -0.05) is 109 Å². The van der Waals surface area contributed by atoms with Gasteiger partial charge in [0.1, 0.15) is 22.5 Å². The van der Waals surface area contributed by atoms with Gasteiger partial charge in [0.15, 0.2) is 0 Å². The second-order valence-electron chi connectivity index (χ2n) is 17.2. The van der Waals surface area contributed by atoms with Gasteiger partial charge in [-0.25, -0.2) is 0 Å². The Hall–Kier alpha value is -7.92. The van der Waals surface area contributed by atoms with Crippen LogP contribution in [0.2, 0.25) is 0 Å². The molecule has 14 rings (SSSR count). The summed E-state index contributed by atoms with van der Waals surface area (Å²) < 4.78 is 17.8. The van der Waals surface area contributed by atoms with Crippen molar-refractivity contribution in [2.75, 3.05) is 0 Å². The number of rotatable bonds is 5. The Morgan fingerprint density at radius 2 is 0.891 bits per heavy atom. The van der Waals surface area contributed by atoms with Gasteiger partial charge < -0.3 is 13.4 Å². The number of benzene rings is 9. The molecule has 0 radical (unpaired) electrons. The van der Waals surface area contributed by atoms with Crippen LogP contribution in [0.1, 0.15) is 23.3 Å². The monoisotopic (exact) mass is 835 g/mol. The van der Waals surface area contributed by atoms with Crippen LogP contribution in [-0.4, -0.2) is 4.57 Å². The fourth-order valence-electron chi connectivity index (χ4n) is 10.3. The number of hydrogen-bond acceptors (Lipinski definition) is 3. The molecule has 0 aliphatic heterocycles. The molecule has 0 saturated heterocycles. The van der Waals surface area contributed by atoms with Crippen LogP contribution in [0.5, 0.6) is 0 Å². The van der Waals surface area contributed by atoms with Crippen molar-refractivity contribution in [1.82, 2.24) is 4.57 Å². The molecule has 4 aromatic heterocycles. The average molecular weight is 836 g/mol. The zero-order chi connectivity index (χ0) is 41.9. The Bertz CT molecular complexity index is 4050. The first kappa shape index (κ1) is 35.7. The highest BCUT2D eigenvalue weighted by atomic mass is 32.1. The van der Waals surface area contributed by atoms with Crippen molar-refractivity contribution in [2.45, 2.75) is 12.8 Å². The molecule has 4 heterocycles. The molecule has 0 spiro atoms. The molecule has 4 heteroatoms.